The van der Waals surface area contributed by atoms with E-state index in [-0.39, 0.29) is 28.3 Å². The number of hydrogen-bond acceptors (Lipinski definition) is 15. The standard InChI is InChI=1S/C22H26N8O5S5/c23-5-6-36-21-27-22(40-29-21)39-8-10-7-37-18-14(17(32)30(18)15(10)19(33)34)26-16(31)13(12-9-38-20(24)25-12)28-35-11-3-1-2-4-11/h9,11,14,18H,1-8,23H2,(H2,24,25)(H,26,31)(H,33,34)/b28-13-/t14?,18-/m1/s1. The number of carboxylic acids is 1. The number of fused-ring (bicyclic) bond motifs is 1. The number of thioether (sulfide) groups is 3. The Morgan fingerprint density at radius 3 is 2.77 bits per heavy atom. The van der Waals surface area contributed by atoms with Gasteiger partial charge in [-0.2, -0.15) is 4.37 Å². The first-order valence-electron chi connectivity index (χ1n) is 12.3. The van der Waals surface area contributed by atoms with Crippen LogP contribution in [-0.4, -0.2) is 89.2 Å². The Morgan fingerprint density at radius 1 is 1.27 bits per heavy atom. The lowest BCUT2D eigenvalue weighted by Gasteiger charge is -2.49. The number of oxime groups is 1. The molecule has 0 spiro atoms. The molecule has 2 aliphatic heterocycles. The lowest BCUT2D eigenvalue weighted by molar-refractivity contribution is -0.150. The van der Waals surface area contributed by atoms with Gasteiger partial charge in [0, 0.05) is 29.2 Å². The van der Waals surface area contributed by atoms with Gasteiger partial charge in [-0.1, -0.05) is 28.7 Å². The van der Waals surface area contributed by atoms with Crippen molar-refractivity contribution in [2.24, 2.45) is 10.9 Å². The number of anilines is 1. The summed E-state index contributed by atoms with van der Waals surface area (Å²) in [6.45, 7) is 0.521. The molecule has 1 saturated carbocycles. The number of β-lactam (4-membered cyclic amide) rings is 1. The summed E-state index contributed by atoms with van der Waals surface area (Å²) < 4.78 is 4.98. The fourth-order valence-corrected chi connectivity index (χ4v) is 8.77. The van der Waals surface area contributed by atoms with Gasteiger partial charge < -0.3 is 26.7 Å². The van der Waals surface area contributed by atoms with Gasteiger partial charge in [0.15, 0.2) is 15.2 Å². The minimum atomic E-state index is -1.19. The molecule has 2 aromatic rings. The van der Waals surface area contributed by atoms with E-state index in [1.165, 1.54) is 51.7 Å². The third-order valence-electron chi connectivity index (χ3n) is 6.22. The number of hydrogen-bond donors (Lipinski definition) is 4. The maximum atomic E-state index is 13.3. The van der Waals surface area contributed by atoms with Crippen molar-refractivity contribution in [3.05, 3.63) is 22.3 Å². The van der Waals surface area contributed by atoms with Crippen LogP contribution in [0.2, 0.25) is 0 Å². The summed E-state index contributed by atoms with van der Waals surface area (Å²) in [6.07, 6.45) is 3.69. The summed E-state index contributed by atoms with van der Waals surface area (Å²) in [5, 5.41) is 18.7. The number of carbonyl (C=O) groups excluding carboxylic acids is 2. The van der Waals surface area contributed by atoms with Gasteiger partial charge in [0.1, 0.15) is 28.9 Å². The molecule has 2 aromatic heterocycles. The molecule has 214 valence electrons. The molecule has 2 atom stereocenters. The molecule has 18 heteroatoms. The molecule has 1 saturated heterocycles. The van der Waals surface area contributed by atoms with Crippen LogP contribution >= 0.6 is 58.2 Å². The zero-order valence-electron chi connectivity index (χ0n) is 21.0. The molecule has 1 unspecified atom stereocenters. The largest absolute Gasteiger partial charge is 0.477 e. The summed E-state index contributed by atoms with van der Waals surface area (Å²) in [6, 6.07) is -0.918. The van der Waals surface area contributed by atoms with Crippen LogP contribution in [-0.2, 0) is 19.2 Å². The topological polar surface area (TPSA) is 199 Å². The molecular formula is C22H26N8O5S5. The summed E-state index contributed by atoms with van der Waals surface area (Å²) >= 11 is 6.63. The van der Waals surface area contributed by atoms with E-state index in [1.54, 1.807) is 5.38 Å². The Labute approximate surface area is 250 Å². The monoisotopic (exact) mass is 642 g/mol. The predicted molar refractivity (Wildman–Crippen MR) is 157 cm³/mol. The smallest absolute Gasteiger partial charge is 0.352 e. The predicted octanol–water partition coefficient (Wildman–Crippen LogP) is 1.82. The van der Waals surface area contributed by atoms with Gasteiger partial charge in [-0.3, -0.25) is 14.5 Å². The Hall–Kier alpha value is -2.38. The molecule has 0 radical (unpaired) electrons. The van der Waals surface area contributed by atoms with Crippen molar-refractivity contribution in [2.45, 2.75) is 52.7 Å². The second kappa shape index (κ2) is 13.1. The fourth-order valence-electron chi connectivity index (χ4n) is 4.34. The minimum Gasteiger partial charge on any atom is -0.477 e. The number of aliphatic carboxylic acids is 1. The van der Waals surface area contributed by atoms with Crippen molar-refractivity contribution < 1.29 is 24.3 Å². The van der Waals surface area contributed by atoms with Gasteiger partial charge in [0.2, 0.25) is 5.16 Å². The van der Waals surface area contributed by atoms with Crippen LogP contribution in [0.4, 0.5) is 5.13 Å². The summed E-state index contributed by atoms with van der Waals surface area (Å²) in [7, 11) is 0. The van der Waals surface area contributed by atoms with E-state index in [0.717, 1.165) is 37.0 Å². The SMILES string of the molecule is NCCSc1nsc(SCC2=C(C(=O)O)N3C(=O)C(NC(=O)/C(=N\OC4CCCC4)c4csc(N)n4)[C@H]3SC2)n1. The lowest BCUT2D eigenvalue weighted by atomic mass is 10.0. The molecule has 6 N–H and O–H groups in total. The average molecular weight is 643 g/mol. The van der Waals surface area contributed by atoms with Crippen molar-refractivity contribution in [3.63, 3.8) is 0 Å². The number of thiazole rings is 1. The molecule has 5 rings (SSSR count). The molecule has 2 amide bonds. The van der Waals surface area contributed by atoms with E-state index < -0.39 is 29.2 Å². The highest BCUT2D eigenvalue weighted by molar-refractivity contribution is 8.02. The number of rotatable bonds is 12. The van der Waals surface area contributed by atoms with Crippen molar-refractivity contribution in [2.75, 3.05) is 29.5 Å². The maximum absolute atomic E-state index is 13.3. The van der Waals surface area contributed by atoms with Gasteiger partial charge in [-0.15, -0.1) is 23.1 Å². The van der Waals surface area contributed by atoms with Crippen LogP contribution in [0.15, 0.2) is 31.3 Å². The number of nitrogens with two attached hydrogens (primary N) is 2. The second-order valence-electron chi connectivity index (χ2n) is 8.91. The third kappa shape index (κ3) is 6.41. The van der Waals surface area contributed by atoms with Gasteiger partial charge in [0.05, 0.1) is 0 Å². The zero-order valence-corrected chi connectivity index (χ0v) is 25.1. The maximum Gasteiger partial charge on any atom is 0.352 e. The highest BCUT2D eigenvalue weighted by Gasteiger charge is 2.54. The van der Waals surface area contributed by atoms with Crippen LogP contribution in [0.1, 0.15) is 31.4 Å². The van der Waals surface area contributed by atoms with E-state index in [4.69, 9.17) is 16.3 Å². The third-order valence-corrected chi connectivity index (χ3v) is 11.1. The molecule has 1 aliphatic carbocycles. The number of nitrogens with one attached hydrogen (secondary N) is 1. The molecule has 13 nitrogen and oxygen atoms in total. The lowest BCUT2D eigenvalue weighted by Crippen LogP contribution is -2.71. The Morgan fingerprint density at radius 2 is 2.08 bits per heavy atom. The van der Waals surface area contributed by atoms with Crippen LogP contribution in [0.25, 0.3) is 0 Å². The number of carbonyl (C=O) groups is 3. The summed E-state index contributed by atoms with van der Waals surface area (Å²) in [4.78, 5) is 54.1. The first kappa shape index (κ1) is 29.1. The van der Waals surface area contributed by atoms with Gasteiger partial charge in [0.25, 0.3) is 11.8 Å². The molecular weight excluding hydrogens is 617 g/mol. The van der Waals surface area contributed by atoms with Crippen LogP contribution in [0.3, 0.4) is 0 Å². The summed E-state index contributed by atoms with van der Waals surface area (Å²) in [5.74, 6) is -0.892. The van der Waals surface area contributed by atoms with E-state index in [1.807, 2.05) is 0 Å². The minimum absolute atomic E-state index is 0.0558. The first-order chi connectivity index (χ1) is 19.4. The fraction of sp³-hybridized carbons (Fsp3) is 0.500. The van der Waals surface area contributed by atoms with Crippen molar-refractivity contribution in [1.29, 1.82) is 0 Å². The van der Waals surface area contributed by atoms with Crippen LogP contribution < -0.4 is 16.8 Å². The normalized spacial score (nSPS) is 21.4. The summed E-state index contributed by atoms with van der Waals surface area (Å²) in [5.41, 5.74) is 12.0. The first-order valence-corrected chi connectivity index (χ1v) is 17.0. The van der Waals surface area contributed by atoms with E-state index >= 15 is 0 Å². The van der Waals surface area contributed by atoms with Crippen LogP contribution in [0, 0.1) is 0 Å². The highest BCUT2D eigenvalue weighted by atomic mass is 32.2. The molecule has 0 aromatic carbocycles. The van der Waals surface area contributed by atoms with E-state index in [0.29, 0.717) is 38.9 Å². The molecule has 0 bridgehead atoms. The van der Waals surface area contributed by atoms with Gasteiger partial charge in [-0.05, 0) is 42.8 Å². The highest BCUT2D eigenvalue weighted by Crippen LogP contribution is 2.42. The second-order valence-corrected chi connectivity index (χ2v) is 13.9. The molecule has 4 heterocycles. The van der Waals surface area contributed by atoms with E-state index in [9.17, 15) is 19.5 Å². The Kier molecular flexibility index (Phi) is 9.52. The zero-order chi connectivity index (χ0) is 28.2. The number of aromatic nitrogens is 3. The quantitative estimate of drug-likeness (QED) is 0.113. The number of carboxylic acid groups (broad SMARTS) is 1. The molecule has 2 fully saturated rings. The van der Waals surface area contributed by atoms with Crippen molar-refractivity contribution in [1.82, 2.24) is 24.6 Å². The number of amides is 2. The van der Waals surface area contributed by atoms with Crippen LogP contribution in [0.5, 0.6) is 0 Å². The Bertz CT molecular complexity index is 1340. The Balaban J connectivity index is 1.26. The van der Waals surface area contributed by atoms with E-state index in [2.05, 4.69) is 24.8 Å². The number of nitrogens with zero attached hydrogens (tertiary/aromatic N) is 5. The average Bonchev–Trinajstić information content (AvgIpc) is 3.72. The number of nitrogen functional groups attached to an aromatic ring is 1. The van der Waals surface area contributed by atoms with Crippen molar-refractivity contribution in [3.8, 4) is 0 Å². The van der Waals surface area contributed by atoms with Gasteiger partial charge >= 0.3 is 5.97 Å². The molecule has 40 heavy (non-hydrogen) atoms. The van der Waals surface area contributed by atoms with Crippen molar-refractivity contribution >= 4 is 86.8 Å². The molecule has 3 aliphatic rings. The van der Waals surface area contributed by atoms with Gasteiger partial charge in [-0.25, -0.2) is 14.8 Å².